The molecule has 7 rings (SSSR count). The zero-order valence-corrected chi connectivity index (χ0v) is 36.0. The predicted octanol–water partition coefficient (Wildman–Crippen LogP) is 10.8. The fourth-order valence-corrected chi connectivity index (χ4v) is 6.47. The molecular weight excluding hydrogens is 894 g/mol. The molecule has 1 aliphatic rings. The van der Waals surface area contributed by atoms with Gasteiger partial charge in [0.05, 0.1) is 33.6 Å². The molecule has 0 saturated carbocycles. The molecular formula is C48H45F7N4O8. The minimum Gasteiger partial charge on any atom is -0.491 e. The molecule has 6 aromatic carbocycles. The van der Waals surface area contributed by atoms with Crippen molar-refractivity contribution in [1.29, 1.82) is 0 Å². The van der Waals surface area contributed by atoms with Gasteiger partial charge in [0.1, 0.15) is 31.2 Å². The van der Waals surface area contributed by atoms with E-state index < -0.39 is 50.9 Å². The Balaban J connectivity index is 0.000000212. The van der Waals surface area contributed by atoms with E-state index in [2.05, 4.69) is 5.32 Å². The van der Waals surface area contributed by atoms with E-state index in [-0.39, 0.29) is 41.8 Å². The Labute approximate surface area is 380 Å². The predicted molar refractivity (Wildman–Crippen MR) is 236 cm³/mol. The molecule has 0 aliphatic carbocycles. The van der Waals surface area contributed by atoms with E-state index in [0.717, 1.165) is 48.1 Å². The third-order valence-corrected chi connectivity index (χ3v) is 9.79. The van der Waals surface area contributed by atoms with Crippen molar-refractivity contribution >= 4 is 11.4 Å². The van der Waals surface area contributed by atoms with Crippen molar-refractivity contribution in [2.45, 2.75) is 37.7 Å². The van der Waals surface area contributed by atoms with Crippen LogP contribution in [0.4, 0.5) is 42.1 Å². The van der Waals surface area contributed by atoms with Crippen LogP contribution in [0.15, 0.2) is 140 Å². The van der Waals surface area contributed by atoms with Crippen LogP contribution in [0.1, 0.15) is 22.3 Å². The van der Waals surface area contributed by atoms with E-state index in [4.69, 9.17) is 14.2 Å². The van der Waals surface area contributed by atoms with Gasteiger partial charge < -0.3 is 24.6 Å². The first-order valence-electron chi connectivity index (χ1n) is 20.4. The maximum atomic E-state index is 13.9. The second-order valence-electron chi connectivity index (χ2n) is 15.1. The highest BCUT2D eigenvalue weighted by Gasteiger charge is 2.34. The van der Waals surface area contributed by atoms with Crippen molar-refractivity contribution in [3.63, 3.8) is 0 Å². The lowest BCUT2D eigenvalue weighted by molar-refractivity contribution is -0.385. The van der Waals surface area contributed by atoms with Crippen LogP contribution >= 0.6 is 0 Å². The molecule has 2 atom stereocenters. The van der Waals surface area contributed by atoms with Gasteiger partial charge in [0.2, 0.25) is 0 Å². The molecule has 0 amide bonds. The van der Waals surface area contributed by atoms with Crippen LogP contribution in [0.5, 0.6) is 11.5 Å². The van der Waals surface area contributed by atoms with Gasteiger partial charge in [-0.2, -0.15) is 26.3 Å². The number of aliphatic hydroxyl groups excluding tert-OH is 1. The highest BCUT2D eigenvalue weighted by molar-refractivity contribution is 5.69. The van der Waals surface area contributed by atoms with Crippen LogP contribution in [0.2, 0.25) is 0 Å². The van der Waals surface area contributed by atoms with Crippen molar-refractivity contribution in [1.82, 2.24) is 10.2 Å². The summed E-state index contributed by atoms with van der Waals surface area (Å²) in [5.74, 6) is -0.477. The zero-order valence-electron chi connectivity index (χ0n) is 36.0. The topological polar surface area (TPSA) is 153 Å². The number of non-ortho nitro benzene ring substituents is 2. The number of hydrogen-bond acceptors (Lipinski definition) is 10. The van der Waals surface area contributed by atoms with Crippen LogP contribution < -0.4 is 14.8 Å². The molecule has 6 aromatic rings. The number of likely N-dealkylation sites (N-methyl/N-ethyl adjacent to an activating group) is 1. The highest BCUT2D eigenvalue weighted by atomic mass is 19.4. The quantitative estimate of drug-likeness (QED) is 0.0415. The van der Waals surface area contributed by atoms with Gasteiger partial charge in [0, 0.05) is 37.8 Å². The lowest BCUT2D eigenvalue weighted by Crippen LogP contribution is -2.32. The number of nitrogens with one attached hydrogen (secondary N) is 1. The second kappa shape index (κ2) is 23.5. The largest absolute Gasteiger partial charge is 0.491 e. The third-order valence-electron chi connectivity index (χ3n) is 9.79. The lowest BCUT2D eigenvalue weighted by Gasteiger charge is -2.21. The average molecular weight is 939 g/mol. The van der Waals surface area contributed by atoms with Gasteiger partial charge in [-0.1, -0.05) is 84.9 Å². The fraction of sp³-hybridized carbons (Fsp3) is 0.250. The summed E-state index contributed by atoms with van der Waals surface area (Å²) in [6, 6.07) is 33.7. The first-order valence-corrected chi connectivity index (χ1v) is 20.4. The number of ether oxygens (including phenoxy) is 3. The maximum absolute atomic E-state index is 13.9. The number of nitro groups is 2. The van der Waals surface area contributed by atoms with Crippen molar-refractivity contribution in [3.8, 4) is 33.8 Å². The Morgan fingerprint density at radius 2 is 1.22 bits per heavy atom. The number of alkyl halides is 6. The SMILES string of the molecule is CN(Cc1ccc(-c2ccccc2C(F)(F)F)cc1)CC(O)COc1ccc([N+](=O)[O-])cc1F.CNCc1ccc(-c2ccccc2C(F)(F)F)cc1.O=[N+]([O-])c1ccc(OCC2CO2)cc1. The summed E-state index contributed by atoms with van der Waals surface area (Å²) in [7, 11) is 3.56. The molecule has 0 bridgehead atoms. The van der Waals surface area contributed by atoms with E-state index in [0.29, 0.717) is 36.6 Å². The van der Waals surface area contributed by atoms with Crippen molar-refractivity contribution < 1.29 is 59.9 Å². The Hall–Kier alpha value is -6.93. The summed E-state index contributed by atoms with van der Waals surface area (Å²) >= 11 is 0. The average Bonchev–Trinajstić information content (AvgIpc) is 4.13. The normalized spacial score (nSPS) is 13.6. The Kier molecular flexibility index (Phi) is 17.9. The molecule has 0 aromatic heterocycles. The number of halogens is 7. The van der Waals surface area contributed by atoms with Gasteiger partial charge in [0.25, 0.3) is 11.4 Å². The Morgan fingerprint density at radius 1 is 0.731 bits per heavy atom. The summed E-state index contributed by atoms with van der Waals surface area (Å²) < 4.78 is 108. The molecule has 354 valence electrons. The second-order valence-corrected chi connectivity index (χ2v) is 15.1. The van der Waals surface area contributed by atoms with E-state index in [1.165, 1.54) is 36.4 Å². The standard InChI is InChI=1S/C24H22F4N2O4.C15H14F3N.C9H9NO4/c1-29(14-19(31)15-34-23-11-10-18(30(32)33)12-22(23)25)13-16-6-8-17(9-7-16)20-4-2-3-5-21(20)24(26,27)28;1-19-10-11-6-8-12(9-7-11)13-4-2-3-5-14(13)15(16,17)18;11-10(12)7-1-3-8(4-2-7)13-5-9-6-14-9/h2-12,19,31H,13-15H2,1H3;2-9,19H,10H2,1H3;1-4,9H,5-6H2. The van der Waals surface area contributed by atoms with Crippen molar-refractivity contribution in [2.75, 3.05) is 40.5 Å². The Bertz CT molecular complexity index is 2540. The van der Waals surface area contributed by atoms with Crippen LogP contribution in [0.25, 0.3) is 22.3 Å². The first-order chi connectivity index (χ1) is 31.8. The van der Waals surface area contributed by atoms with E-state index in [9.17, 15) is 56.1 Å². The number of nitro benzene ring substituents is 2. The smallest absolute Gasteiger partial charge is 0.417 e. The zero-order chi connectivity index (χ0) is 48.7. The lowest BCUT2D eigenvalue weighted by atomic mass is 9.98. The molecule has 0 spiro atoms. The van der Waals surface area contributed by atoms with Gasteiger partial charge >= 0.3 is 12.4 Å². The van der Waals surface area contributed by atoms with Gasteiger partial charge in [-0.25, -0.2) is 4.39 Å². The number of epoxide rings is 1. The van der Waals surface area contributed by atoms with Gasteiger partial charge in [-0.15, -0.1) is 0 Å². The summed E-state index contributed by atoms with van der Waals surface area (Å²) in [6.45, 7) is 2.30. The monoisotopic (exact) mass is 938 g/mol. The Morgan fingerprint density at radius 3 is 1.69 bits per heavy atom. The molecule has 1 aliphatic heterocycles. The van der Waals surface area contributed by atoms with Crippen LogP contribution in [-0.2, 0) is 30.2 Å². The molecule has 1 heterocycles. The summed E-state index contributed by atoms with van der Waals surface area (Å²) in [5.41, 5.74) is 1.56. The van der Waals surface area contributed by atoms with Crippen LogP contribution in [-0.4, -0.2) is 72.5 Å². The molecule has 12 nitrogen and oxygen atoms in total. The number of rotatable bonds is 16. The van der Waals surface area contributed by atoms with Crippen LogP contribution in [0, 0.1) is 26.0 Å². The molecule has 2 unspecified atom stereocenters. The van der Waals surface area contributed by atoms with Crippen molar-refractivity contribution in [2.24, 2.45) is 0 Å². The van der Waals surface area contributed by atoms with Crippen molar-refractivity contribution in [3.05, 3.63) is 188 Å². The number of benzene rings is 6. The third kappa shape index (κ3) is 15.9. The number of aliphatic hydroxyl groups is 1. The van der Waals surface area contributed by atoms with Gasteiger partial charge in [0.15, 0.2) is 11.6 Å². The number of hydrogen-bond donors (Lipinski definition) is 2. The molecule has 67 heavy (non-hydrogen) atoms. The molecule has 1 fully saturated rings. The summed E-state index contributed by atoms with van der Waals surface area (Å²) in [4.78, 5) is 21.6. The molecule has 1 saturated heterocycles. The molecule has 2 N–H and O–H groups in total. The van der Waals surface area contributed by atoms with Gasteiger partial charge in [-0.05, 0) is 77.8 Å². The van der Waals surface area contributed by atoms with E-state index >= 15 is 0 Å². The van der Waals surface area contributed by atoms with E-state index in [1.807, 2.05) is 19.2 Å². The summed E-state index contributed by atoms with van der Waals surface area (Å²) in [5, 5.41) is 34.2. The van der Waals surface area contributed by atoms with E-state index in [1.54, 1.807) is 72.6 Å². The molecule has 19 heteroatoms. The highest BCUT2D eigenvalue weighted by Crippen LogP contribution is 2.38. The number of nitrogens with zero attached hydrogens (tertiary/aromatic N) is 3. The van der Waals surface area contributed by atoms with Gasteiger partial charge in [-0.3, -0.25) is 25.1 Å². The fourth-order valence-electron chi connectivity index (χ4n) is 6.47. The summed E-state index contributed by atoms with van der Waals surface area (Å²) in [6.07, 6.45) is -9.56. The minimum absolute atomic E-state index is 0.0695. The first kappa shape index (κ1) is 51.1. The molecule has 0 radical (unpaired) electrons. The van der Waals surface area contributed by atoms with Crippen LogP contribution in [0.3, 0.4) is 0 Å². The minimum atomic E-state index is -4.45. The maximum Gasteiger partial charge on any atom is 0.417 e.